The van der Waals surface area contributed by atoms with Crippen molar-refractivity contribution in [1.29, 1.82) is 0 Å². The van der Waals surface area contributed by atoms with Gasteiger partial charge in [-0.15, -0.1) is 0 Å². The lowest BCUT2D eigenvalue weighted by Gasteiger charge is -2.39. The lowest BCUT2D eigenvalue weighted by molar-refractivity contribution is 0.114. The minimum atomic E-state index is 0.545. The van der Waals surface area contributed by atoms with Gasteiger partial charge in [-0.25, -0.2) is 0 Å². The van der Waals surface area contributed by atoms with E-state index in [-0.39, 0.29) is 0 Å². The molecule has 0 aliphatic heterocycles. The van der Waals surface area contributed by atoms with Crippen molar-refractivity contribution in [2.45, 2.75) is 58.9 Å². The lowest BCUT2D eigenvalue weighted by Crippen LogP contribution is -2.43. The highest BCUT2D eigenvalue weighted by Gasteiger charge is 2.31. The van der Waals surface area contributed by atoms with Crippen LogP contribution in [0, 0.1) is 11.3 Å². The molecule has 15 heavy (non-hydrogen) atoms. The molecular weight excluding hydrogens is 184 g/mol. The Balaban J connectivity index is 2.36. The third-order valence-corrected chi connectivity index (χ3v) is 4.18. The van der Waals surface area contributed by atoms with Crippen LogP contribution in [0.3, 0.4) is 0 Å². The van der Waals surface area contributed by atoms with Crippen LogP contribution in [0.25, 0.3) is 0 Å². The molecule has 0 atom stereocenters. The van der Waals surface area contributed by atoms with Crippen molar-refractivity contribution in [3.63, 3.8) is 0 Å². The van der Waals surface area contributed by atoms with Crippen LogP contribution in [0.1, 0.15) is 52.9 Å². The Bertz CT molecular complexity index is 179. The molecule has 2 heteroatoms. The van der Waals surface area contributed by atoms with Crippen LogP contribution in [0.2, 0.25) is 0 Å². The molecule has 1 saturated carbocycles. The van der Waals surface area contributed by atoms with E-state index in [1.807, 2.05) is 0 Å². The molecule has 1 fully saturated rings. The molecule has 1 N–H and O–H groups in total. The van der Waals surface area contributed by atoms with Gasteiger partial charge in [-0.2, -0.15) is 0 Å². The maximum atomic E-state index is 3.51. The summed E-state index contributed by atoms with van der Waals surface area (Å²) in [7, 11) is 4.17. The topological polar surface area (TPSA) is 15.3 Å². The summed E-state index contributed by atoms with van der Waals surface area (Å²) in [6, 6.07) is 0.712. The van der Waals surface area contributed by atoms with Gasteiger partial charge in [0.25, 0.3) is 0 Å². The summed E-state index contributed by atoms with van der Waals surface area (Å²) in [6.45, 7) is 7.18. The SMILES string of the molecule is CCC(C)(C)C1CCC(NN(C)C)CC1. The molecule has 0 unspecified atom stereocenters. The predicted octanol–water partition coefficient (Wildman–Crippen LogP) is 3.05. The van der Waals surface area contributed by atoms with Crippen LogP contribution in [0.5, 0.6) is 0 Å². The fourth-order valence-electron chi connectivity index (χ4n) is 2.66. The van der Waals surface area contributed by atoms with Crippen LogP contribution in [-0.2, 0) is 0 Å². The summed E-state index contributed by atoms with van der Waals surface area (Å²) in [4.78, 5) is 0. The first-order chi connectivity index (χ1) is 6.95. The monoisotopic (exact) mass is 212 g/mol. The Morgan fingerprint density at radius 3 is 2.07 bits per heavy atom. The Morgan fingerprint density at radius 1 is 1.13 bits per heavy atom. The van der Waals surface area contributed by atoms with Gasteiger partial charge in [-0.3, -0.25) is 10.4 Å². The molecule has 1 rings (SSSR count). The van der Waals surface area contributed by atoms with Gasteiger partial charge in [0.05, 0.1) is 0 Å². The molecule has 0 aromatic rings. The van der Waals surface area contributed by atoms with Crippen LogP contribution >= 0.6 is 0 Å². The first-order valence-corrected chi connectivity index (χ1v) is 6.39. The molecule has 0 radical (unpaired) electrons. The van der Waals surface area contributed by atoms with E-state index in [1.54, 1.807) is 0 Å². The number of hydrazine groups is 1. The number of nitrogens with zero attached hydrogens (tertiary/aromatic N) is 1. The molecule has 0 amide bonds. The van der Waals surface area contributed by atoms with E-state index in [9.17, 15) is 0 Å². The zero-order valence-corrected chi connectivity index (χ0v) is 11.1. The highest BCUT2D eigenvalue weighted by atomic mass is 15.5. The molecule has 0 saturated heterocycles. The quantitative estimate of drug-likeness (QED) is 0.721. The Labute approximate surface area is 95.4 Å². The summed E-state index contributed by atoms with van der Waals surface area (Å²) in [5, 5.41) is 2.09. The molecular formula is C13H28N2. The van der Waals surface area contributed by atoms with Gasteiger partial charge in [0.2, 0.25) is 0 Å². The van der Waals surface area contributed by atoms with Crippen molar-refractivity contribution in [3.8, 4) is 0 Å². The summed E-state index contributed by atoms with van der Waals surface area (Å²) >= 11 is 0. The van der Waals surface area contributed by atoms with E-state index >= 15 is 0 Å². The highest BCUT2D eigenvalue weighted by molar-refractivity contribution is 4.84. The Morgan fingerprint density at radius 2 is 1.67 bits per heavy atom. The number of hydrogen-bond donors (Lipinski definition) is 1. The number of hydrogen-bond acceptors (Lipinski definition) is 2. The molecule has 0 aromatic heterocycles. The number of rotatable bonds is 4. The van der Waals surface area contributed by atoms with E-state index in [4.69, 9.17) is 0 Å². The fraction of sp³-hybridized carbons (Fsp3) is 1.00. The molecule has 0 spiro atoms. The molecule has 0 heterocycles. The molecule has 1 aliphatic carbocycles. The van der Waals surface area contributed by atoms with E-state index in [0.717, 1.165) is 5.92 Å². The summed E-state index contributed by atoms with van der Waals surface area (Å²) < 4.78 is 0. The minimum absolute atomic E-state index is 0.545. The average Bonchev–Trinajstić information content (AvgIpc) is 2.18. The molecule has 1 aliphatic rings. The first kappa shape index (κ1) is 13.0. The van der Waals surface area contributed by atoms with Gasteiger partial charge in [-0.05, 0) is 37.0 Å². The van der Waals surface area contributed by atoms with E-state index in [1.165, 1.54) is 32.1 Å². The lowest BCUT2D eigenvalue weighted by atomic mass is 9.69. The van der Waals surface area contributed by atoms with E-state index < -0.39 is 0 Å². The van der Waals surface area contributed by atoms with Gasteiger partial charge in [0.1, 0.15) is 0 Å². The third-order valence-electron chi connectivity index (χ3n) is 4.18. The molecule has 0 aromatic carbocycles. The Kier molecular flexibility index (Phi) is 4.60. The second-order valence-electron chi connectivity index (χ2n) is 5.91. The zero-order chi connectivity index (χ0) is 11.5. The Hall–Kier alpha value is -0.0800. The summed E-state index contributed by atoms with van der Waals surface area (Å²) in [5.41, 5.74) is 4.05. The highest BCUT2D eigenvalue weighted by Crippen LogP contribution is 2.40. The summed E-state index contributed by atoms with van der Waals surface area (Å²) in [6.07, 6.45) is 6.78. The second-order valence-corrected chi connectivity index (χ2v) is 5.91. The maximum absolute atomic E-state index is 3.51. The van der Waals surface area contributed by atoms with Crippen LogP contribution in [-0.4, -0.2) is 25.1 Å². The van der Waals surface area contributed by atoms with E-state index in [2.05, 4.69) is 45.3 Å². The fourth-order valence-corrected chi connectivity index (χ4v) is 2.66. The predicted molar refractivity (Wildman–Crippen MR) is 66.6 cm³/mol. The third kappa shape index (κ3) is 3.76. The van der Waals surface area contributed by atoms with E-state index in [0.29, 0.717) is 11.5 Å². The molecule has 90 valence electrons. The normalized spacial score (nSPS) is 28.4. The van der Waals surface area contributed by atoms with Crippen molar-refractivity contribution in [2.75, 3.05) is 14.1 Å². The van der Waals surface area contributed by atoms with Crippen molar-refractivity contribution in [3.05, 3.63) is 0 Å². The van der Waals surface area contributed by atoms with Gasteiger partial charge >= 0.3 is 0 Å². The van der Waals surface area contributed by atoms with Crippen molar-refractivity contribution < 1.29 is 0 Å². The second kappa shape index (κ2) is 5.31. The van der Waals surface area contributed by atoms with Crippen LogP contribution < -0.4 is 5.43 Å². The van der Waals surface area contributed by atoms with Gasteiger partial charge < -0.3 is 0 Å². The standard InChI is InChI=1S/C13H28N2/c1-6-13(2,3)11-7-9-12(10-8-11)14-15(4)5/h11-12,14H,6-10H2,1-5H3. The van der Waals surface area contributed by atoms with Crippen molar-refractivity contribution in [2.24, 2.45) is 11.3 Å². The summed E-state index contributed by atoms with van der Waals surface area (Å²) in [5.74, 6) is 0.933. The van der Waals surface area contributed by atoms with Gasteiger partial charge in [0, 0.05) is 20.1 Å². The van der Waals surface area contributed by atoms with Gasteiger partial charge in [-0.1, -0.05) is 27.2 Å². The first-order valence-electron chi connectivity index (χ1n) is 6.39. The van der Waals surface area contributed by atoms with Gasteiger partial charge in [0.15, 0.2) is 0 Å². The average molecular weight is 212 g/mol. The smallest absolute Gasteiger partial charge is 0.0215 e. The minimum Gasteiger partial charge on any atom is -0.253 e. The largest absolute Gasteiger partial charge is 0.253 e. The maximum Gasteiger partial charge on any atom is 0.0215 e. The molecule has 0 bridgehead atoms. The van der Waals surface area contributed by atoms with Crippen molar-refractivity contribution >= 4 is 0 Å². The van der Waals surface area contributed by atoms with Crippen LogP contribution in [0.4, 0.5) is 0 Å². The molecule has 2 nitrogen and oxygen atoms in total. The van der Waals surface area contributed by atoms with Crippen molar-refractivity contribution in [1.82, 2.24) is 10.4 Å². The number of nitrogens with one attached hydrogen (secondary N) is 1. The zero-order valence-electron chi connectivity index (χ0n) is 11.1. The van der Waals surface area contributed by atoms with Crippen LogP contribution in [0.15, 0.2) is 0 Å².